The Hall–Kier alpha value is -2.77. The van der Waals surface area contributed by atoms with Gasteiger partial charge < -0.3 is 10.0 Å². The first-order valence-electron chi connectivity index (χ1n) is 8.57. The van der Waals surface area contributed by atoms with E-state index in [0.29, 0.717) is 37.9 Å². The van der Waals surface area contributed by atoms with E-state index in [2.05, 4.69) is 5.10 Å². The second kappa shape index (κ2) is 6.19. The van der Waals surface area contributed by atoms with Crippen molar-refractivity contribution in [2.24, 2.45) is 0 Å². The zero-order chi connectivity index (χ0) is 18.4. The van der Waals surface area contributed by atoms with Gasteiger partial charge in [0, 0.05) is 23.9 Å². The molecular weight excluding hydrogens is 344 g/mol. The molecule has 0 spiro atoms. The zero-order valence-corrected chi connectivity index (χ0v) is 13.9. The highest BCUT2D eigenvalue weighted by Gasteiger charge is 2.38. The fourth-order valence-electron chi connectivity index (χ4n) is 3.84. The van der Waals surface area contributed by atoms with E-state index in [-0.39, 0.29) is 5.69 Å². The SMILES string of the molecule is O=C(O)[C@H]1CCCN1C(=O)c1nn(-c2ccc(F)c(F)c2)c2c1CCC2. The van der Waals surface area contributed by atoms with Gasteiger partial charge in [-0.05, 0) is 44.2 Å². The number of hydrogen-bond acceptors (Lipinski definition) is 3. The van der Waals surface area contributed by atoms with Gasteiger partial charge in [0.2, 0.25) is 0 Å². The maximum atomic E-state index is 13.6. The van der Waals surface area contributed by atoms with E-state index in [4.69, 9.17) is 0 Å². The molecule has 0 unspecified atom stereocenters. The lowest BCUT2D eigenvalue weighted by Crippen LogP contribution is -2.40. The maximum Gasteiger partial charge on any atom is 0.326 e. The van der Waals surface area contributed by atoms with Crippen molar-refractivity contribution in [1.29, 1.82) is 0 Å². The number of carboxylic acid groups (broad SMARTS) is 1. The van der Waals surface area contributed by atoms with Crippen molar-refractivity contribution in [3.05, 3.63) is 46.8 Å². The molecule has 1 aromatic carbocycles. The third-order valence-electron chi connectivity index (χ3n) is 5.08. The summed E-state index contributed by atoms with van der Waals surface area (Å²) in [5.74, 6) is -3.36. The molecule has 1 atom stereocenters. The van der Waals surface area contributed by atoms with Crippen LogP contribution in [-0.2, 0) is 17.6 Å². The fraction of sp³-hybridized carbons (Fsp3) is 0.389. The van der Waals surface area contributed by atoms with Crippen LogP contribution in [0, 0.1) is 11.6 Å². The molecule has 1 aromatic heterocycles. The number of halogens is 2. The molecule has 2 aliphatic rings. The highest BCUT2D eigenvalue weighted by Crippen LogP contribution is 2.30. The van der Waals surface area contributed by atoms with Crippen LogP contribution >= 0.6 is 0 Å². The normalized spacial score (nSPS) is 19.0. The molecular formula is C18H17F2N3O3. The van der Waals surface area contributed by atoms with Gasteiger partial charge in [0.25, 0.3) is 5.91 Å². The summed E-state index contributed by atoms with van der Waals surface area (Å²) in [6, 6.07) is 2.64. The Morgan fingerprint density at radius 3 is 2.69 bits per heavy atom. The molecule has 0 saturated carbocycles. The van der Waals surface area contributed by atoms with Crippen LogP contribution in [0.3, 0.4) is 0 Å². The monoisotopic (exact) mass is 361 g/mol. The van der Waals surface area contributed by atoms with Crippen LogP contribution in [0.1, 0.15) is 41.0 Å². The molecule has 136 valence electrons. The molecule has 2 heterocycles. The van der Waals surface area contributed by atoms with Crippen molar-refractivity contribution < 1.29 is 23.5 Å². The van der Waals surface area contributed by atoms with E-state index < -0.39 is 29.6 Å². The smallest absolute Gasteiger partial charge is 0.326 e. The number of carbonyl (C=O) groups is 2. The van der Waals surface area contributed by atoms with Crippen molar-refractivity contribution >= 4 is 11.9 Å². The summed E-state index contributed by atoms with van der Waals surface area (Å²) < 4.78 is 28.3. The van der Waals surface area contributed by atoms with Crippen LogP contribution in [0.5, 0.6) is 0 Å². The zero-order valence-electron chi connectivity index (χ0n) is 13.9. The minimum Gasteiger partial charge on any atom is -0.480 e. The first-order chi connectivity index (χ1) is 12.5. The number of carbonyl (C=O) groups excluding carboxylic acids is 1. The molecule has 6 nitrogen and oxygen atoms in total. The standard InChI is InChI=1S/C18H17F2N3O3/c19-12-7-6-10(9-13(12)20)23-14-4-1-3-11(14)16(21-23)17(24)22-8-2-5-15(22)18(25)26/h6-7,9,15H,1-5,8H2,(H,25,26)/t15-/m1/s1. The first-order valence-corrected chi connectivity index (χ1v) is 8.57. The van der Waals surface area contributed by atoms with Crippen LogP contribution in [0.2, 0.25) is 0 Å². The number of hydrogen-bond donors (Lipinski definition) is 1. The quantitative estimate of drug-likeness (QED) is 0.910. The van der Waals surface area contributed by atoms with Crippen LogP contribution in [0.15, 0.2) is 18.2 Å². The summed E-state index contributed by atoms with van der Waals surface area (Å²) in [5.41, 5.74) is 2.13. The lowest BCUT2D eigenvalue weighted by Gasteiger charge is -2.20. The Morgan fingerprint density at radius 2 is 1.96 bits per heavy atom. The number of likely N-dealkylation sites (tertiary alicyclic amines) is 1. The number of aromatic nitrogens is 2. The molecule has 1 aliphatic heterocycles. The molecule has 0 radical (unpaired) electrons. The van der Waals surface area contributed by atoms with Gasteiger partial charge in [-0.3, -0.25) is 4.79 Å². The molecule has 2 aromatic rings. The predicted octanol–water partition coefficient (Wildman–Crippen LogP) is 2.33. The number of aliphatic carboxylic acids is 1. The van der Waals surface area contributed by atoms with Crippen molar-refractivity contribution in [2.75, 3.05) is 6.54 Å². The molecule has 1 amide bonds. The summed E-state index contributed by atoms with van der Waals surface area (Å²) in [6.45, 7) is 0.378. The lowest BCUT2D eigenvalue weighted by atomic mass is 10.1. The minimum atomic E-state index is -1.02. The van der Waals surface area contributed by atoms with Gasteiger partial charge in [0.1, 0.15) is 6.04 Å². The fourth-order valence-corrected chi connectivity index (χ4v) is 3.84. The van der Waals surface area contributed by atoms with Crippen molar-refractivity contribution in [3.63, 3.8) is 0 Å². The number of nitrogens with zero attached hydrogens (tertiary/aromatic N) is 3. The van der Waals surface area contributed by atoms with Gasteiger partial charge in [0.15, 0.2) is 17.3 Å². The predicted molar refractivity (Wildman–Crippen MR) is 87.2 cm³/mol. The largest absolute Gasteiger partial charge is 0.480 e. The number of fused-ring (bicyclic) bond motifs is 1. The molecule has 8 heteroatoms. The number of rotatable bonds is 3. The average Bonchev–Trinajstić information content (AvgIpc) is 3.32. The highest BCUT2D eigenvalue weighted by molar-refractivity contribution is 5.97. The average molecular weight is 361 g/mol. The molecule has 26 heavy (non-hydrogen) atoms. The van der Waals surface area contributed by atoms with Gasteiger partial charge in [-0.25, -0.2) is 18.3 Å². The van der Waals surface area contributed by atoms with Crippen molar-refractivity contribution in [1.82, 2.24) is 14.7 Å². The summed E-state index contributed by atoms with van der Waals surface area (Å²) >= 11 is 0. The first kappa shape index (κ1) is 16.7. The molecule has 1 saturated heterocycles. The van der Waals surface area contributed by atoms with Crippen molar-refractivity contribution in [3.8, 4) is 5.69 Å². The van der Waals surface area contributed by atoms with Crippen LogP contribution in [0.25, 0.3) is 5.69 Å². The summed E-state index contributed by atoms with van der Waals surface area (Å²) in [4.78, 5) is 25.7. The summed E-state index contributed by atoms with van der Waals surface area (Å²) in [5, 5.41) is 13.7. The molecule has 1 fully saturated rings. The van der Waals surface area contributed by atoms with Gasteiger partial charge in [-0.2, -0.15) is 5.10 Å². The van der Waals surface area contributed by atoms with E-state index in [9.17, 15) is 23.5 Å². The maximum absolute atomic E-state index is 13.6. The van der Waals surface area contributed by atoms with E-state index in [1.165, 1.54) is 15.6 Å². The Morgan fingerprint density at radius 1 is 1.15 bits per heavy atom. The number of benzene rings is 1. The van der Waals surface area contributed by atoms with Gasteiger partial charge >= 0.3 is 5.97 Å². The van der Waals surface area contributed by atoms with E-state index in [1.807, 2.05) is 0 Å². The van der Waals surface area contributed by atoms with E-state index in [1.54, 1.807) is 0 Å². The third kappa shape index (κ3) is 2.56. The Balaban J connectivity index is 1.75. The minimum absolute atomic E-state index is 0.218. The van der Waals surface area contributed by atoms with Gasteiger partial charge in [0.05, 0.1) is 5.69 Å². The lowest BCUT2D eigenvalue weighted by molar-refractivity contribution is -0.141. The number of carboxylic acids is 1. The Bertz CT molecular complexity index is 909. The van der Waals surface area contributed by atoms with Crippen LogP contribution in [-0.4, -0.2) is 44.3 Å². The van der Waals surface area contributed by atoms with Crippen molar-refractivity contribution in [2.45, 2.75) is 38.1 Å². The molecule has 1 aliphatic carbocycles. The summed E-state index contributed by atoms with van der Waals surface area (Å²) in [7, 11) is 0. The van der Waals surface area contributed by atoms with Gasteiger partial charge in [-0.15, -0.1) is 0 Å². The second-order valence-electron chi connectivity index (χ2n) is 6.63. The van der Waals surface area contributed by atoms with Crippen LogP contribution in [0.4, 0.5) is 8.78 Å². The second-order valence-corrected chi connectivity index (χ2v) is 6.63. The third-order valence-corrected chi connectivity index (χ3v) is 5.08. The van der Waals surface area contributed by atoms with E-state index in [0.717, 1.165) is 29.8 Å². The Kier molecular flexibility index (Phi) is 3.97. The number of amides is 1. The summed E-state index contributed by atoms with van der Waals surface area (Å²) in [6.07, 6.45) is 3.23. The molecule has 1 N–H and O–H groups in total. The molecule has 0 bridgehead atoms. The molecule has 4 rings (SSSR count). The van der Waals surface area contributed by atoms with E-state index >= 15 is 0 Å². The van der Waals surface area contributed by atoms with Crippen LogP contribution < -0.4 is 0 Å². The van der Waals surface area contributed by atoms with Gasteiger partial charge in [-0.1, -0.05) is 0 Å². The Labute approximate surface area is 148 Å². The highest BCUT2D eigenvalue weighted by atomic mass is 19.2. The topological polar surface area (TPSA) is 75.4 Å².